The molecule has 0 saturated carbocycles. The van der Waals surface area contributed by atoms with Crippen molar-refractivity contribution in [3.8, 4) is 0 Å². The smallest absolute Gasteiger partial charge is 0.322 e. The van der Waals surface area contributed by atoms with Gasteiger partial charge in [0.15, 0.2) is 0 Å². The summed E-state index contributed by atoms with van der Waals surface area (Å²) in [6.45, 7) is 1.87. The standard InChI is InChI=1S/C22H33NO3/c1-2-3-4-5-6-7-8-9-10-11-12-13-14-15-16-17-18-19-21(24)23-20-22(25)26/h10-19H,2-9,20H2,1H3,(H,23,24)(H,25,26)/b11-10+,13-12+,15-14+,17-16+,19-18+. The average molecular weight is 360 g/mol. The van der Waals surface area contributed by atoms with Crippen molar-refractivity contribution in [3.05, 3.63) is 60.8 Å². The van der Waals surface area contributed by atoms with Crippen LogP contribution < -0.4 is 5.32 Å². The molecule has 0 atom stereocenters. The van der Waals surface area contributed by atoms with E-state index in [1.165, 1.54) is 51.0 Å². The number of carbonyl (C=O) groups is 2. The van der Waals surface area contributed by atoms with E-state index in [4.69, 9.17) is 5.11 Å². The second-order valence-electron chi connectivity index (χ2n) is 5.96. The average Bonchev–Trinajstić information content (AvgIpc) is 2.62. The molecule has 4 heteroatoms. The molecule has 0 unspecified atom stereocenters. The fraction of sp³-hybridized carbons (Fsp3) is 0.455. The monoisotopic (exact) mass is 359 g/mol. The van der Waals surface area contributed by atoms with Gasteiger partial charge in [-0.25, -0.2) is 0 Å². The largest absolute Gasteiger partial charge is 0.480 e. The second-order valence-corrected chi connectivity index (χ2v) is 5.96. The molecule has 26 heavy (non-hydrogen) atoms. The molecule has 0 aliphatic heterocycles. The van der Waals surface area contributed by atoms with Crippen molar-refractivity contribution in [2.75, 3.05) is 6.54 Å². The Morgan fingerprint density at radius 2 is 1.31 bits per heavy atom. The van der Waals surface area contributed by atoms with Gasteiger partial charge in [-0.05, 0) is 12.8 Å². The van der Waals surface area contributed by atoms with Gasteiger partial charge in [0.1, 0.15) is 6.54 Å². The van der Waals surface area contributed by atoms with Crippen LogP contribution >= 0.6 is 0 Å². The Balaban J connectivity index is 3.65. The Labute approximate surface area is 158 Å². The molecule has 0 bridgehead atoms. The van der Waals surface area contributed by atoms with Crippen molar-refractivity contribution in [1.82, 2.24) is 5.32 Å². The second kappa shape index (κ2) is 19.0. The van der Waals surface area contributed by atoms with Crippen LogP contribution in [0.3, 0.4) is 0 Å². The predicted molar refractivity (Wildman–Crippen MR) is 109 cm³/mol. The summed E-state index contributed by atoms with van der Waals surface area (Å²) in [5, 5.41) is 10.7. The van der Waals surface area contributed by atoms with E-state index >= 15 is 0 Å². The first-order chi connectivity index (χ1) is 12.7. The van der Waals surface area contributed by atoms with Gasteiger partial charge in [0.2, 0.25) is 5.91 Å². The summed E-state index contributed by atoms with van der Waals surface area (Å²) in [6, 6.07) is 0. The number of aliphatic carboxylic acids is 1. The van der Waals surface area contributed by atoms with Crippen LogP contribution in [0, 0.1) is 0 Å². The Hall–Kier alpha value is -2.36. The van der Waals surface area contributed by atoms with Gasteiger partial charge in [0.05, 0.1) is 0 Å². The molecular formula is C22H33NO3. The van der Waals surface area contributed by atoms with Crippen LogP contribution in [0.25, 0.3) is 0 Å². The van der Waals surface area contributed by atoms with Crippen LogP contribution in [-0.4, -0.2) is 23.5 Å². The highest BCUT2D eigenvalue weighted by Gasteiger charge is 1.97. The topological polar surface area (TPSA) is 66.4 Å². The third kappa shape index (κ3) is 19.7. The molecule has 0 saturated heterocycles. The summed E-state index contributed by atoms with van der Waals surface area (Å²) >= 11 is 0. The molecule has 0 heterocycles. The van der Waals surface area contributed by atoms with Crippen molar-refractivity contribution < 1.29 is 14.7 Å². The number of amides is 1. The van der Waals surface area contributed by atoms with Gasteiger partial charge in [-0.2, -0.15) is 0 Å². The van der Waals surface area contributed by atoms with E-state index in [1.54, 1.807) is 18.2 Å². The SMILES string of the molecule is CCCCCCCCC/C=C/C=C/C=C/C=C/C=C/C(=O)NCC(=O)O. The molecule has 0 spiro atoms. The van der Waals surface area contributed by atoms with Gasteiger partial charge in [-0.1, -0.05) is 100 Å². The van der Waals surface area contributed by atoms with Crippen molar-refractivity contribution >= 4 is 11.9 Å². The van der Waals surface area contributed by atoms with Crippen molar-refractivity contribution in [1.29, 1.82) is 0 Å². The maximum absolute atomic E-state index is 11.2. The molecule has 0 rings (SSSR count). The van der Waals surface area contributed by atoms with Gasteiger partial charge in [0, 0.05) is 6.08 Å². The first-order valence-electron chi connectivity index (χ1n) is 9.49. The highest BCUT2D eigenvalue weighted by atomic mass is 16.4. The van der Waals surface area contributed by atoms with E-state index in [9.17, 15) is 9.59 Å². The molecule has 0 aliphatic rings. The molecule has 144 valence electrons. The number of carboxylic acids is 1. The van der Waals surface area contributed by atoms with Crippen LogP contribution in [0.15, 0.2) is 60.8 Å². The minimum atomic E-state index is -1.06. The first kappa shape index (κ1) is 23.6. The maximum Gasteiger partial charge on any atom is 0.322 e. The van der Waals surface area contributed by atoms with Crippen molar-refractivity contribution in [3.63, 3.8) is 0 Å². The number of unbranched alkanes of at least 4 members (excludes halogenated alkanes) is 7. The van der Waals surface area contributed by atoms with Gasteiger partial charge in [-0.15, -0.1) is 0 Å². The van der Waals surface area contributed by atoms with Gasteiger partial charge in [-0.3, -0.25) is 9.59 Å². The lowest BCUT2D eigenvalue weighted by Gasteiger charge is -1.98. The van der Waals surface area contributed by atoms with Crippen molar-refractivity contribution in [2.24, 2.45) is 0 Å². The molecule has 0 fully saturated rings. The van der Waals surface area contributed by atoms with Crippen LogP contribution in [-0.2, 0) is 9.59 Å². The van der Waals surface area contributed by atoms with E-state index in [1.807, 2.05) is 24.3 Å². The van der Waals surface area contributed by atoms with E-state index in [-0.39, 0.29) is 6.54 Å². The highest BCUT2D eigenvalue weighted by molar-refractivity contribution is 5.90. The Morgan fingerprint density at radius 1 is 0.769 bits per heavy atom. The number of rotatable bonds is 15. The van der Waals surface area contributed by atoms with Crippen LogP contribution in [0.4, 0.5) is 0 Å². The number of hydrogen-bond acceptors (Lipinski definition) is 2. The summed E-state index contributed by atoms with van der Waals surface area (Å²) in [6.07, 6.45) is 28.9. The highest BCUT2D eigenvalue weighted by Crippen LogP contribution is 2.08. The van der Waals surface area contributed by atoms with Gasteiger partial charge >= 0.3 is 5.97 Å². The van der Waals surface area contributed by atoms with E-state index < -0.39 is 11.9 Å². The third-order valence-corrected chi connectivity index (χ3v) is 3.55. The molecule has 0 aromatic rings. The van der Waals surface area contributed by atoms with Crippen LogP contribution in [0.5, 0.6) is 0 Å². The molecule has 0 aromatic carbocycles. The lowest BCUT2D eigenvalue weighted by molar-refractivity contribution is -0.137. The number of carboxylic acid groups (broad SMARTS) is 1. The van der Waals surface area contributed by atoms with Crippen LogP contribution in [0.1, 0.15) is 58.3 Å². The summed E-state index contributed by atoms with van der Waals surface area (Å²) < 4.78 is 0. The fourth-order valence-electron chi connectivity index (χ4n) is 2.14. The third-order valence-electron chi connectivity index (χ3n) is 3.55. The first-order valence-corrected chi connectivity index (χ1v) is 9.49. The number of carbonyl (C=O) groups excluding carboxylic acids is 1. The quantitative estimate of drug-likeness (QED) is 0.243. The summed E-state index contributed by atoms with van der Waals surface area (Å²) in [5.41, 5.74) is 0. The zero-order chi connectivity index (χ0) is 19.3. The minimum Gasteiger partial charge on any atom is -0.480 e. The number of allylic oxidation sites excluding steroid dienone is 9. The van der Waals surface area contributed by atoms with Gasteiger partial charge < -0.3 is 10.4 Å². The normalized spacial score (nSPS) is 12.3. The van der Waals surface area contributed by atoms with Crippen LogP contribution in [0.2, 0.25) is 0 Å². The maximum atomic E-state index is 11.2. The number of hydrogen-bond donors (Lipinski definition) is 2. The molecule has 1 amide bonds. The summed E-state index contributed by atoms with van der Waals surface area (Å²) in [4.78, 5) is 21.4. The molecule has 0 aromatic heterocycles. The van der Waals surface area contributed by atoms with E-state index in [2.05, 4.69) is 24.4 Å². The molecule has 0 radical (unpaired) electrons. The Kier molecular flexibility index (Phi) is 17.2. The molecule has 0 aliphatic carbocycles. The van der Waals surface area contributed by atoms with E-state index in [0.717, 1.165) is 6.42 Å². The lowest BCUT2D eigenvalue weighted by Crippen LogP contribution is -2.27. The summed E-state index contributed by atoms with van der Waals surface area (Å²) in [7, 11) is 0. The van der Waals surface area contributed by atoms with Gasteiger partial charge in [0.25, 0.3) is 0 Å². The molecular weight excluding hydrogens is 326 g/mol. The zero-order valence-corrected chi connectivity index (χ0v) is 15.9. The lowest BCUT2D eigenvalue weighted by atomic mass is 10.1. The Morgan fingerprint density at radius 3 is 1.92 bits per heavy atom. The summed E-state index contributed by atoms with van der Waals surface area (Å²) in [5.74, 6) is -1.49. The molecule has 4 nitrogen and oxygen atoms in total. The van der Waals surface area contributed by atoms with E-state index in [0.29, 0.717) is 0 Å². The predicted octanol–water partition coefficient (Wildman–Crippen LogP) is 5.11. The minimum absolute atomic E-state index is 0.371. The Bertz CT molecular complexity index is 513. The van der Waals surface area contributed by atoms with Crippen molar-refractivity contribution in [2.45, 2.75) is 58.3 Å². The number of nitrogens with one attached hydrogen (secondary N) is 1. The molecule has 2 N–H and O–H groups in total. The zero-order valence-electron chi connectivity index (χ0n) is 15.9. The fourth-order valence-corrected chi connectivity index (χ4v) is 2.14.